The molecule has 5 nitrogen and oxygen atoms in total. The van der Waals surface area contributed by atoms with Crippen LogP contribution in [0, 0.1) is 6.92 Å². The second-order valence-electron chi connectivity index (χ2n) is 5.69. The molecular formula is C20H17N3O2. The molecule has 0 aliphatic rings. The second kappa shape index (κ2) is 6.28. The van der Waals surface area contributed by atoms with Crippen molar-refractivity contribution in [1.82, 2.24) is 14.7 Å². The van der Waals surface area contributed by atoms with Crippen molar-refractivity contribution in [2.24, 2.45) is 0 Å². The molecule has 2 aromatic heterocycles. The summed E-state index contributed by atoms with van der Waals surface area (Å²) in [6, 6.07) is 17.8. The lowest BCUT2D eigenvalue weighted by Crippen LogP contribution is -1.90. The molecule has 0 saturated carbocycles. The van der Waals surface area contributed by atoms with Gasteiger partial charge >= 0.3 is 0 Å². The van der Waals surface area contributed by atoms with Gasteiger partial charge in [0.2, 0.25) is 0 Å². The van der Waals surface area contributed by atoms with Crippen molar-refractivity contribution in [2.75, 3.05) is 7.11 Å². The van der Waals surface area contributed by atoms with Crippen molar-refractivity contribution in [1.29, 1.82) is 0 Å². The minimum Gasteiger partial charge on any atom is -0.497 e. The lowest BCUT2D eigenvalue weighted by atomic mass is 10.0. The van der Waals surface area contributed by atoms with E-state index in [9.17, 15) is 0 Å². The van der Waals surface area contributed by atoms with Gasteiger partial charge in [0.25, 0.3) is 0 Å². The van der Waals surface area contributed by atoms with Crippen LogP contribution in [0.5, 0.6) is 5.75 Å². The topological polar surface area (TPSA) is 53.1 Å². The van der Waals surface area contributed by atoms with Crippen LogP contribution in [0.15, 0.2) is 71.6 Å². The van der Waals surface area contributed by atoms with E-state index < -0.39 is 0 Å². The monoisotopic (exact) mass is 331 g/mol. The maximum atomic E-state index is 5.43. The Kier molecular flexibility index (Phi) is 3.82. The average Bonchev–Trinajstić information content (AvgIpc) is 3.29. The Morgan fingerprint density at radius 3 is 2.48 bits per heavy atom. The zero-order valence-electron chi connectivity index (χ0n) is 14.0. The third-order valence-electron chi connectivity index (χ3n) is 4.12. The predicted octanol–water partition coefficient (Wildman–Crippen LogP) is 4.51. The molecule has 0 amide bonds. The summed E-state index contributed by atoms with van der Waals surface area (Å²) in [6.07, 6.45) is 3.77. The zero-order chi connectivity index (χ0) is 17.2. The first-order chi connectivity index (χ1) is 12.3. The van der Waals surface area contributed by atoms with Gasteiger partial charge in [0.05, 0.1) is 24.7 Å². The molecule has 25 heavy (non-hydrogen) atoms. The molecule has 0 unspecified atom stereocenters. The molecule has 124 valence electrons. The summed E-state index contributed by atoms with van der Waals surface area (Å²) in [5.74, 6) is 1.57. The number of hydrogen-bond donors (Lipinski definition) is 0. The summed E-state index contributed by atoms with van der Waals surface area (Å²) in [7, 11) is 1.66. The van der Waals surface area contributed by atoms with Crippen LogP contribution in [-0.4, -0.2) is 21.8 Å². The summed E-state index contributed by atoms with van der Waals surface area (Å²) in [6.45, 7) is 1.90. The number of aromatic nitrogens is 3. The summed E-state index contributed by atoms with van der Waals surface area (Å²) < 4.78 is 12.6. The number of imidazole rings is 1. The first-order valence-corrected chi connectivity index (χ1v) is 7.97. The van der Waals surface area contributed by atoms with Gasteiger partial charge in [-0.25, -0.2) is 4.98 Å². The highest BCUT2D eigenvalue weighted by Crippen LogP contribution is 2.33. The van der Waals surface area contributed by atoms with Gasteiger partial charge in [-0.1, -0.05) is 35.5 Å². The summed E-state index contributed by atoms with van der Waals surface area (Å²) >= 11 is 0. The van der Waals surface area contributed by atoms with E-state index in [2.05, 4.69) is 10.1 Å². The molecule has 4 aromatic rings. The highest BCUT2D eigenvalue weighted by atomic mass is 16.5. The SMILES string of the molecule is COc1ccc(-n2cnc(-c3c(-c4ccccc4)noc3C)c2)cc1. The van der Waals surface area contributed by atoms with E-state index in [0.717, 1.165) is 39.7 Å². The zero-order valence-corrected chi connectivity index (χ0v) is 14.0. The van der Waals surface area contributed by atoms with E-state index in [1.807, 2.05) is 72.3 Å². The second-order valence-corrected chi connectivity index (χ2v) is 5.69. The molecule has 0 spiro atoms. The van der Waals surface area contributed by atoms with Gasteiger partial charge in [0.1, 0.15) is 17.2 Å². The van der Waals surface area contributed by atoms with Crippen LogP contribution in [0.1, 0.15) is 5.76 Å². The van der Waals surface area contributed by atoms with Crippen LogP contribution < -0.4 is 4.74 Å². The van der Waals surface area contributed by atoms with Gasteiger partial charge in [-0.05, 0) is 31.2 Å². The summed E-state index contributed by atoms with van der Waals surface area (Å²) in [5, 5.41) is 4.23. The highest BCUT2D eigenvalue weighted by molar-refractivity contribution is 5.79. The fourth-order valence-electron chi connectivity index (χ4n) is 2.81. The summed E-state index contributed by atoms with van der Waals surface area (Å²) in [5.41, 5.74) is 4.56. The van der Waals surface area contributed by atoms with Crippen molar-refractivity contribution in [3.63, 3.8) is 0 Å². The fraction of sp³-hybridized carbons (Fsp3) is 0.100. The van der Waals surface area contributed by atoms with Gasteiger partial charge in [-0.2, -0.15) is 0 Å². The van der Waals surface area contributed by atoms with Crippen molar-refractivity contribution >= 4 is 0 Å². The number of rotatable bonds is 4. The van der Waals surface area contributed by atoms with Crippen molar-refractivity contribution in [3.05, 3.63) is 72.9 Å². The molecular weight excluding hydrogens is 314 g/mol. The third kappa shape index (κ3) is 2.80. The quantitative estimate of drug-likeness (QED) is 0.552. The Hall–Kier alpha value is -3.34. The van der Waals surface area contributed by atoms with Crippen molar-refractivity contribution in [2.45, 2.75) is 6.92 Å². The number of benzene rings is 2. The van der Waals surface area contributed by atoms with Gasteiger partial charge in [-0.15, -0.1) is 0 Å². The first-order valence-electron chi connectivity index (χ1n) is 7.97. The molecule has 0 bridgehead atoms. The normalized spacial score (nSPS) is 10.8. The van der Waals surface area contributed by atoms with E-state index in [-0.39, 0.29) is 0 Å². The van der Waals surface area contributed by atoms with E-state index in [0.29, 0.717) is 0 Å². The van der Waals surface area contributed by atoms with Gasteiger partial charge in [0.15, 0.2) is 0 Å². The van der Waals surface area contributed by atoms with E-state index in [1.54, 1.807) is 13.4 Å². The molecule has 5 heteroatoms. The number of hydrogen-bond acceptors (Lipinski definition) is 4. The molecule has 0 saturated heterocycles. The van der Waals surface area contributed by atoms with Crippen LogP contribution >= 0.6 is 0 Å². The Morgan fingerprint density at radius 1 is 1.00 bits per heavy atom. The number of ether oxygens (including phenoxy) is 1. The van der Waals surface area contributed by atoms with Gasteiger partial charge in [-0.3, -0.25) is 0 Å². The molecule has 2 heterocycles. The maximum Gasteiger partial charge on any atom is 0.143 e. The Balaban J connectivity index is 1.74. The van der Waals surface area contributed by atoms with E-state index in [4.69, 9.17) is 9.26 Å². The van der Waals surface area contributed by atoms with Gasteiger partial charge in [0, 0.05) is 17.4 Å². The third-order valence-corrected chi connectivity index (χ3v) is 4.12. The highest BCUT2D eigenvalue weighted by Gasteiger charge is 2.18. The molecule has 4 rings (SSSR count). The number of methoxy groups -OCH3 is 1. The predicted molar refractivity (Wildman–Crippen MR) is 95.8 cm³/mol. The molecule has 0 aliphatic heterocycles. The molecule has 0 atom stereocenters. The Bertz CT molecular complexity index is 985. The minimum absolute atomic E-state index is 0.749. The Labute approximate surface area is 145 Å². The standard InChI is InChI=1S/C20H17N3O2/c1-14-19(20(22-25-14)15-6-4-3-5-7-15)18-12-23(13-21-18)16-8-10-17(24-2)11-9-16/h3-13H,1-2H3. The van der Waals surface area contributed by atoms with Crippen LogP contribution in [0.3, 0.4) is 0 Å². The van der Waals surface area contributed by atoms with E-state index >= 15 is 0 Å². The fourth-order valence-corrected chi connectivity index (χ4v) is 2.81. The molecule has 0 radical (unpaired) electrons. The minimum atomic E-state index is 0.749. The molecule has 2 aromatic carbocycles. The largest absolute Gasteiger partial charge is 0.497 e. The lowest BCUT2D eigenvalue weighted by molar-refractivity contribution is 0.400. The van der Waals surface area contributed by atoms with Crippen LogP contribution in [0.25, 0.3) is 28.2 Å². The van der Waals surface area contributed by atoms with Crippen LogP contribution in [-0.2, 0) is 0 Å². The Morgan fingerprint density at radius 2 is 1.76 bits per heavy atom. The van der Waals surface area contributed by atoms with Crippen LogP contribution in [0.2, 0.25) is 0 Å². The maximum absolute atomic E-state index is 5.43. The smallest absolute Gasteiger partial charge is 0.143 e. The first kappa shape index (κ1) is 15.2. The molecule has 0 aliphatic carbocycles. The lowest BCUT2D eigenvalue weighted by Gasteiger charge is -2.03. The number of aryl methyl sites for hydroxylation is 1. The molecule has 0 fully saturated rings. The van der Waals surface area contributed by atoms with Crippen molar-refractivity contribution < 1.29 is 9.26 Å². The van der Waals surface area contributed by atoms with Crippen LogP contribution in [0.4, 0.5) is 0 Å². The van der Waals surface area contributed by atoms with Gasteiger partial charge < -0.3 is 13.8 Å². The molecule has 0 N–H and O–H groups in total. The van der Waals surface area contributed by atoms with Crippen molar-refractivity contribution in [3.8, 4) is 34.0 Å². The number of nitrogens with zero attached hydrogens (tertiary/aromatic N) is 3. The van der Waals surface area contributed by atoms with E-state index in [1.165, 1.54) is 0 Å². The average molecular weight is 331 g/mol. The summed E-state index contributed by atoms with van der Waals surface area (Å²) in [4.78, 5) is 4.56.